The summed E-state index contributed by atoms with van der Waals surface area (Å²) in [5.74, 6) is -1.36. The SMILES string of the molecule is CCCC[C@H](NC(=O)CCc1ccc(S(=O)(=O)NC)cc1)C(=O)O. The van der Waals surface area contributed by atoms with E-state index in [4.69, 9.17) is 5.11 Å². The first-order valence-corrected chi connectivity index (χ1v) is 9.33. The molecule has 0 aromatic heterocycles. The maximum Gasteiger partial charge on any atom is 0.326 e. The lowest BCUT2D eigenvalue weighted by Gasteiger charge is -2.14. The normalized spacial score (nSPS) is 12.6. The van der Waals surface area contributed by atoms with Gasteiger partial charge in [0.25, 0.3) is 0 Å². The molecule has 0 saturated heterocycles. The van der Waals surface area contributed by atoms with Crippen LogP contribution in [0, 0.1) is 0 Å². The Bertz CT molecular complexity index is 656. The van der Waals surface area contributed by atoms with E-state index in [0.717, 1.165) is 18.4 Å². The zero-order valence-electron chi connectivity index (χ0n) is 13.9. The number of aryl methyl sites for hydroxylation is 1. The molecule has 1 rings (SSSR count). The zero-order chi connectivity index (χ0) is 18.2. The molecular formula is C16H24N2O5S. The van der Waals surface area contributed by atoms with Crippen LogP contribution in [-0.4, -0.2) is 38.5 Å². The number of hydrogen-bond donors (Lipinski definition) is 3. The number of benzene rings is 1. The molecule has 0 aliphatic heterocycles. The fourth-order valence-corrected chi connectivity index (χ4v) is 2.87. The third-order valence-electron chi connectivity index (χ3n) is 3.62. The molecule has 0 unspecified atom stereocenters. The van der Waals surface area contributed by atoms with E-state index in [9.17, 15) is 18.0 Å². The van der Waals surface area contributed by atoms with Crippen LogP contribution in [0.4, 0.5) is 0 Å². The highest BCUT2D eigenvalue weighted by atomic mass is 32.2. The number of sulfonamides is 1. The second-order valence-electron chi connectivity index (χ2n) is 5.45. The lowest BCUT2D eigenvalue weighted by molar-refractivity contribution is -0.142. The first kappa shape index (κ1) is 20.1. The molecule has 1 amide bonds. The van der Waals surface area contributed by atoms with Crippen molar-refractivity contribution >= 4 is 21.9 Å². The average molecular weight is 356 g/mol. The van der Waals surface area contributed by atoms with Crippen molar-refractivity contribution in [3.8, 4) is 0 Å². The Morgan fingerprint density at radius 3 is 2.33 bits per heavy atom. The second-order valence-corrected chi connectivity index (χ2v) is 7.34. The molecule has 1 aromatic carbocycles. The van der Waals surface area contributed by atoms with Gasteiger partial charge in [-0.25, -0.2) is 17.9 Å². The third-order valence-corrected chi connectivity index (χ3v) is 5.05. The van der Waals surface area contributed by atoms with E-state index in [2.05, 4.69) is 10.0 Å². The van der Waals surface area contributed by atoms with Crippen molar-refractivity contribution in [2.45, 2.75) is 50.0 Å². The Labute approximate surface area is 142 Å². The molecule has 1 atom stereocenters. The van der Waals surface area contributed by atoms with Crippen molar-refractivity contribution < 1.29 is 23.1 Å². The number of carboxylic acids is 1. The molecule has 134 valence electrons. The van der Waals surface area contributed by atoms with E-state index in [0.29, 0.717) is 12.8 Å². The molecular weight excluding hydrogens is 332 g/mol. The Kier molecular flexibility index (Phi) is 7.87. The Morgan fingerprint density at radius 1 is 1.21 bits per heavy atom. The summed E-state index contributed by atoms with van der Waals surface area (Å²) in [4.78, 5) is 23.1. The molecule has 8 heteroatoms. The molecule has 7 nitrogen and oxygen atoms in total. The van der Waals surface area contributed by atoms with Crippen molar-refractivity contribution in [1.82, 2.24) is 10.0 Å². The monoisotopic (exact) mass is 356 g/mol. The number of carbonyl (C=O) groups excluding carboxylic acids is 1. The number of carbonyl (C=O) groups is 2. The zero-order valence-corrected chi connectivity index (χ0v) is 14.7. The molecule has 24 heavy (non-hydrogen) atoms. The summed E-state index contributed by atoms with van der Waals surface area (Å²) in [6, 6.07) is 5.37. The summed E-state index contributed by atoms with van der Waals surface area (Å²) in [5.41, 5.74) is 0.806. The largest absolute Gasteiger partial charge is 0.480 e. The highest BCUT2D eigenvalue weighted by Crippen LogP contribution is 2.11. The third kappa shape index (κ3) is 6.29. The maximum absolute atomic E-state index is 11.9. The molecule has 0 aliphatic carbocycles. The topological polar surface area (TPSA) is 113 Å². The molecule has 0 heterocycles. The number of amides is 1. The summed E-state index contributed by atoms with van der Waals surface area (Å²) in [7, 11) is -2.14. The van der Waals surface area contributed by atoms with Gasteiger partial charge in [-0.1, -0.05) is 31.9 Å². The first-order chi connectivity index (χ1) is 11.3. The lowest BCUT2D eigenvalue weighted by atomic mass is 10.1. The Balaban J connectivity index is 2.56. The van der Waals surface area contributed by atoms with Crippen LogP contribution in [0.25, 0.3) is 0 Å². The van der Waals surface area contributed by atoms with Crippen LogP contribution >= 0.6 is 0 Å². The quantitative estimate of drug-likeness (QED) is 0.585. The van der Waals surface area contributed by atoms with Gasteiger partial charge in [-0.3, -0.25) is 4.79 Å². The number of aliphatic carboxylic acids is 1. The van der Waals surface area contributed by atoms with Gasteiger partial charge in [0.05, 0.1) is 4.90 Å². The minimum absolute atomic E-state index is 0.147. The molecule has 1 aromatic rings. The van der Waals surface area contributed by atoms with Gasteiger partial charge in [-0.05, 0) is 37.6 Å². The van der Waals surface area contributed by atoms with E-state index in [1.54, 1.807) is 12.1 Å². The molecule has 0 fully saturated rings. The molecule has 0 spiro atoms. The molecule has 0 radical (unpaired) electrons. The van der Waals surface area contributed by atoms with Crippen molar-refractivity contribution in [2.75, 3.05) is 7.05 Å². The molecule has 0 bridgehead atoms. The molecule has 0 aliphatic rings. The van der Waals surface area contributed by atoms with E-state index < -0.39 is 22.0 Å². The van der Waals surface area contributed by atoms with E-state index >= 15 is 0 Å². The number of rotatable bonds is 10. The van der Waals surface area contributed by atoms with Crippen molar-refractivity contribution in [1.29, 1.82) is 0 Å². The lowest BCUT2D eigenvalue weighted by Crippen LogP contribution is -2.40. The Morgan fingerprint density at radius 2 is 1.83 bits per heavy atom. The van der Waals surface area contributed by atoms with Crippen LogP contribution in [0.1, 0.15) is 38.2 Å². The van der Waals surface area contributed by atoms with Crippen LogP contribution in [0.2, 0.25) is 0 Å². The number of carboxylic acid groups (broad SMARTS) is 1. The minimum atomic E-state index is -3.48. The predicted octanol–water partition coefficient (Wildman–Crippen LogP) is 1.29. The summed E-state index contributed by atoms with van der Waals surface area (Å²) in [6.45, 7) is 1.96. The highest BCUT2D eigenvalue weighted by Gasteiger charge is 2.19. The summed E-state index contributed by atoms with van der Waals surface area (Å²) in [6.07, 6.45) is 2.56. The van der Waals surface area contributed by atoms with Crippen molar-refractivity contribution in [2.24, 2.45) is 0 Å². The standard InChI is InChI=1S/C16H24N2O5S/c1-3-4-5-14(16(20)21)18-15(19)11-8-12-6-9-13(10-7-12)24(22,23)17-2/h6-7,9-10,14,17H,3-5,8,11H2,1-2H3,(H,18,19)(H,20,21)/t14-/m0/s1. The predicted molar refractivity (Wildman–Crippen MR) is 90.1 cm³/mol. The Hall–Kier alpha value is -1.93. The van der Waals surface area contributed by atoms with Gasteiger partial charge in [0.2, 0.25) is 15.9 Å². The van der Waals surface area contributed by atoms with E-state index in [1.807, 2.05) is 6.92 Å². The van der Waals surface area contributed by atoms with E-state index in [1.165, 1.54) is 19.2 Å². The van der Waals surface area contributed by atoms with Gasteiger partial charge in [0.1, 0.15) is 6.04 Å². The first-order valence-electron chi connectivity index (χ1n) is 7.84. The second kappa shape index (κ2) is 9.39. The van der Waals surface area contributed by atoms with Gasteiger partial charge >= 0.3 is 5.97 Å². The smallest absolute Gasteiger partial charge is 0.326 e. The molecule has 3 N–H and O–H groups in total. The number of hydrogen-bond acceptors (Lipinski definition) is 4. The fourth-order valence-electron chi connectivity index (χ4n) is 2.14. The average Bonchev–Trinajstić information content (AvgIpc) is 2.56. The van der Waals surface area contributed by atoms with Crippen LogP contribution in [0.15, 0.2) is 29.2 Å². The summed E-state index contributed by atoms with van der Waals surface area (Å²) < 4.78 is 25.5. The van der Waals surface area contributed by atoms with Crippen molar-refractivity contribution in [3.63, 3.8) is 0 Å². The van der Waals surface area contributed by atoms with Crippen LogP contribution in [-0.2, 0) is 26.0 Å². The minimum Gasteiger partial charge on any atom is -0.480 e. The van der Waals surface area contributed by atoms with Gasteiger partial charge < -0.3 is 10.4 Å². The van der Waals surface area contributed by atoms with Gasteiger partial charge in [0.15, 0.2) is 0 Å². The molecule has 0 saturated carbocycles. The van der Waals surface area contributed by atoms with Crippen molar-refractivity contribution in [3.05, 3.63) is 29.8 Å². The highest BCUT2D eigenvalue weighted by molar-refractivity contribution is 7.89. The summed E-state index contributed by atoms with van der Waals surface area (Å²) in [5, 5.41) is 11.6. The van der Waals surface area contributed by atoms with Crippen LogP contribution in [0.5, 0.6) is 0 Å². The van der Waals surface area contributed by atoms with E-state index in [-0.39, 0.29) is 17.2 Å². The van der Waals surface area contributed by atoms with Gasteiger partial charge in [0, 0.05) is 6.42 Å². The van der Waals surface area contributed by atoms with Gasteiger partial charge in [-0.2, -0.15) is 0 Å². The van der Waals surface area contributed by atoms with Crippen LogP contribution < -0.4 is 10.0 Å². The number of nitrogens with one attached hydrogen (secondary N) is 2. The maximum atomic E-state index is 11.9. The van der Waals surface area contributed by atoms with Gasteiger partial charge in [-0.15, -0.1) is 0 Å². The number of unbranched alkanes of at least 4 members (excludes halogenated alkanes) is 1. The van der Waals surface area contributed by atoms with Crippen LogP contribution in [0.3, 0.4) is 0 Å². The fraction of sp³-hybridized carbons (Fsp3) is 0.500. The summed E-state index contributed by atoms with van der Waals surface area (Å²) >= 11 is 0.